The predicted molar refractivity (Wildman–Crippen MR) is 279 cm³/mol. The molecule has 0 fully saturated rings. The second-order valence-electron chi connectivity index (χ2n) is 19.6. The van der Waals surface area contributed by atoms with E-state index >= 15 is 0 Å². The number of aliphatic hydroxyl groups excluding tert-OH is 2. The molecule has 35 nitrogen and oxygen atoms in total. The van der Waals surface area contributed by atoms with E-state index in [4.69, 9.17) is 28.0 Å². The summed E-state index contributed by atoms with van der Waals surface area (Å²) in [7, 11) is 0. The van der Waals surface area contributed by atoms with Crippen LogP contribution in [0.15, 0.2) is 0 Å². The number of amides is 13. The van der Waals surface area contributed by atoms with Crippen molar-refractivity contribution in [2.75, 3.05) is 13.2 Å². The van der Waals surface area contributed by atoms with Crippen LogP contribution in [0.25, 0.3) is 0 Å². The molecule has 11 atom stereocenters. The number of nitrogens with two attached hydrogens (primary N) is 4. The third-order valence-corrected chi connectivity index (χ3v) is 11.7. The smallest absolute Gasteiger partial charge is 0.303 e. The molecule has 0 rings (SSSR count). The minimum Gasteiger partial charge on any atom is -0.481 e. The first kappa shape index (κ1) is 73.4. The average molecular weight is 1180 g/mol. The van der Waals surface area contributed by atoms with Crippen LogP contribution in [-0.2, 0) is 76.7 Å². The summed E-state index contributed by atoms with van der Waals surface area (Å²) in [5, 5.41) is 70.1. The van der Waals surface area contributed by atoms with Gasteiger partial charge in [0.2, 0.25) is 76.8 Å². The van der Waals surface area contributed by atoms with Crippen molar-refractivity contribution in [1.29, 1.82) is 0 Å². The van der Waals surface area contributed by atoms with Crippen LogP contribution in [0.4, 0.5) is 0 Å². The van der Waals surface area contributed by atoms with E-state index in [1.54, 1.807) is 27.7 Å². The van der Waals surface area contributed by atoms with Gasteiger partial charge >= 0.3 is 17.9 Å². The standard InChI is InChI=1S/C47H78N14O21/c1-19(2)15-27(43(78)60-29(18-62)45(80)59-28(16-31(49)65)44(79)54-23(38(51)73)8-12-33(67)68)58-42(77)25(9-13-34(69)70)55-39(74)21(5)53-32(66)17-52-40(75)24(7-11-30(48)64)56-41(76)26(10-14-35(71)72)57-47(82)37(22(6)63)61-46(81)36(50)20(3)4/h19-29,36-37,62-63H,7-18,50H2,1-6H3,(H2,48,64)(H2,49,65)(H2,51,73)(H,52,75)(H,53,66)(H,54,79)(H,55,74)(H,56,76)(H,57,82)(H,58,77)(H,59,80)(H,60,78)(H,61,81)(H,67,68)(H,69,70)(H,71,72)/t21-,22+,23-,24-,25-,26-,27-,28-,29-,36-,37-/m0/s1. The lowest BCUT2D eigenvalue weighted by Crippen LogP contribution is -2.61. The molecular formula is C47H78N14O21. The van der Waals surface area contributed by atoms with Gasteiger partial charge in [0, 0.05) is 25.7 Å². The first-order chi connectivity index (χ1) is 38.0. The van der Waals surface area contributed by atoms with E-state index < -0.39 is 244 Å². The molecule has 0 aromatic heterocycles. The van der Waals surface area contributed by atoms with Crippen molar-refractivity contribution in [1.82, 2.24) is 53.2 Å². The average Bonchev–Trinajstić information content (AvgIpc) is 3.36. The predicted octanol–water partition coefficient (Wildman–Crippen LogP) is -8.89. The third-order valence-electron chi connectivity index (χ3n) is 11.7. The first-order valence-corrected chi connectivity index (χ1v) is 25.6. The molecule has 13 amide bonds. The Morgan fingerprint density at radius 3 is 1.26 bits per heavy atom. The molecule has 0 saturated heterocycles. The third kappa shape index (κ3) is 29.0. The fourth-order valence-electron chi connectivity index (χ4n) is 7.02. The molecule has 0 aromatic carbocycles. The van der Waals surface area contributed by atoms with Crippen molar-refractivity contribution in [3.8, 4) is 0 Å². The lowest BCUT2D eigenvalue weighted by molar-refractivity contribution is -0.139. The number of aliphatic carboxylic acids is 3. The molecule has 0 spiro atoms. The number of carboxylic acids is 3. The summed E-state index contributed by atoms with van der Waals surface area (Å²) in [4.78, 5) is 202. The highest BCUT2D eigenvalue weighted by atomic mass is 16.4. The summed E-state index contributed by atoms with van der Waals surface area (Å²) in [6, 6.07) is -16.5. The van der Waals surface area contributed by atoms with Gasteiger partial charge in [-0.1, -0.05) is 27.7 Å². The van der Waals surface area contributed by atoms with E-state index in [1.807, 2.05) is 0 Å². The highest BCUT2D eigenvalue weighted by molar-refractivity contribution is 5.99. The van der Waals surface area contributed by atoms with Crippen LogP contribution in [-0.4, -0.2) is 200 Å². The Morgan fingerprint density at radius 2 is 0.817 bits per heavy atom. The Morgan fingerprint density at radius 1 is 0.427 bits per heavy atom. The van der Waals surface area contributed by atoms with Gasteiger partial charge in [-0.15, -0.1) is 0 Å². The Balaban J connectivity index is 6.27. The minimum atomic E-state index is -1.91. The van der Waals surface area contributed by atoms with E-state index in [0.29, 0.717) is 0 Å². The van der Waals surface area contributed by atoms with Gasteiger partial charge in [-0.2, -0.15) is 0 Å². The van der Waals surface area contributed by atoms with Crippen molar-refractivity contribution >= 4 is 94.7 Å². The second kappa shape index (κ2) is 36.6. The van der Waals surface area contributed by atoms with Gasteiger partial charge in [0.1, 0.15) is 54.4 Å². The summed E-state index contributed by atoms with van der Waals surface area (Å²) >= 11 is 0. The Kier molecular flexibility index (Phi) is 32.8. The van der Waals surface area contributed by atoms with Gasteiger partial charge in [-0.05, 0) is 57.8 Å². The number of carbonyl (C=O) groups excluding carboxylic acids is 13. The topological polar surface area (TPSA) is 599 Å². The number of primary amides is 3. The fraction of sp³-hybridized carbons (Fsp3) is 0.660. The number of aliphatic hydroxyl groups is 2. The van der Waals surface area contributed by atoms with Gasteiger partial charge in [0.25, 0.3) is 0 Å². The van der Waals surface area contributed by atoms with Gasteiger partial charge < -0.3 is 102 Å². The van der Waals surface area contributed by atoms with Crippen LogP contribution >= 0.6 is 0 Å². The lowest BCUT2D eigenvalue weighted by atomic mass is 10.0. The van der Waals surface area contributed by atoms with Crippen molar-refractivity contribution < 1.29 is 102 Å². The lowest BCUT2D eigenvalue weighted by Gasteiger charge is -2.27. The van der Waals surface area contributed by atoms with Crippen molar-refractivity contribution in [3.63, 3.8) is 0 Å². The van der Waals surface area contributed by atoms with Gasteiger partial charge in [0.05, 0.1) is 31.7 Å². The minimum absolute atomic E-state index is 0.193. The quantitative estimate of drug-likeness (QED) is 0.0271. The van der Waals surface area contributed by atoms with Gasteiger partial charge in [0.15, 0.2) is 0 Å². The Hall–Kier alpha value is -8.60. The molecule has 82 heavy (non-hydrogen) atoms. The summed E-state index contributed by atoms with van der Waals surface area (Å²) in [5.74, 6) is -19.6. The van der Waals surface area contributed by atoms with Crippen LogP contribution in [0.2, 0.25) is 0 Å². The summed E-state index contributed by atoms with van der Waals surface area (Å²) in [6.07, 6.45) is -7.48. The molecule has 23 N–H and O–H groups in total. The molecule has 0 aliphatic heterocycles. The van der Waals surface area contributed by atoms with Crippen LogP contribution < -0.4 is 76.1 Å². The molecule has 0 heterocycles. The number of nitrogens with one attached hydrogen (secondary N) is 10. The highest BCUT2D eigenvalue weighted by Crippen LogP contribution is 2.10. The largest absolute Gasteiger partial charge is 0.481 e. The molecule has 35 heteroatoms. The maximum absolute atomic E-state index is 13.7. The molecule has 0 saturated carbocycles. The van der Waals surface area contributed by atoms with Crippen LogP contribution in [0.5, 0.6) is 0 Å². The molecule has 0 aliphatic rings. The molecule has 462 valence electrons. The highest BCUT2D eigenvalue weighted by Gasteiger charge is 2.36. The summed E-state index contributed by atoms with van der Waals surface area (Å²) in [5.41, 5.74) is 21.5. The van der Waals surface area contributed by atoms with Crippen molar-refractivity contribution in [2.45, 2.75) is 172 Å². The van der Waals surface area contributed by atoms with E-state index in [1.165, 1.54) is 0 Å². The maximum Gasteiger partial charge on any atom is 0.303 e. The molecule has 0 aromatic rings. The summed E-state index contributed by atoms with van der Waals surface area (Å²) in [6.45, 7) is 6.58. The monoisotopic (exact) mass is 1170 g/mol. The molecule has 0 unspecified atom stereocenters. The van der Waals surface area contributed by atoms with E-state index in [2.05, 4.69) is 53.2 Å². The second-order valence-corrected chi connectivity index (χ2v) is 19.6. The van der Waals surface area contributed by atoms with Crippen molar-refractivity contribution in [2.24, 2.45) is 34.8 Å². The number of carboxylic acid groups (broad SMARTS) is 3. The molecule has 0 aliphatic carbocycles. The zero-order chi connectivity index (χ0) is 63.3. The first-order valence-electron chi connectivity index (χ1n) is 25.6. The van der Waals surface area contributed by atoms with Crippen molar-refractivity contribution in [3.05, 3.63) is 0 Å². The Bertz CT molecular complexity index is 2340. The number of hydrogen-bond donors (Lipinski definition) is 19. The Labute approximate surface area is 469 Å². The van der Waals surface area contributed by atoms with E-state index in [0.717, 1.165) is 13.8 Å². The normalized spacial score (nSPS) is 15.0. The van der Waals surface area contributed by atoms with E-state index in [-0.39, 0.29) is 6.42 Å². The van der Waals surface area contributed by atoms with Crippen LogP contribution in [0.1, 0.15) is 106 Å². The zero-order valence-corrected chi connectivity index (χ0v) is 46.1. The maximum atomic E-state index is 13.7. The zero-order valence-electron chi connectivity index (χ0n) is 46.1. The van der Waals surface area contributed by atoms with Gasteiger partial charge in [-0.3, -0.25) is 76.7 Å². The molecule has 0 radical (unpaired) electrons. The van der Waals surface area contributed by atoms with Crippen LogP contribution in [0, 0.1) is 11.8 Å². The molecule has 0 bridgehead atoms. The number of rotatable bonds is 40. The van der Waals surface area contributed by atoms with Gasteiger partial charge in [-0.25, -0.2) is 0 Å². The number of hydrogen-bond acceptors (Lipinski definition) is 19. The SMILES string of the molecule is CC(C)C[C@H](NC(=O)[C@H](CCC(=O)O)NC(=O)[C@H](C)NC(=O)CNC(=O)[C@H](CCC(N)=O)NC(=O)[C@H](CCC(=O)O)NC(=O)[C@@H](NC(=O)[C@@H](N)C(C)C)[C@@H](C)O)C(=O)N[C@@H](CO)C(=O)N[C@@H](CC(N)=O)C(=O)N[C@@H](CCC(=O)O)C(N)=O. The van der Waals surface area contributed by atoms with Crippen LogP contribution in [0.3, 0.4) is 0 Å². The fourth-order valence-corrected chi connectivity index (χ4v) is 7.02. The molecular weight excluding hydrogens is 1100 g/mol. The van der Waals surface area contributed by atoms with E-state index in [9.17, 15) is 97.1 Å². The summed E-state index contributed by atoms with van der Waals surface area (Å²) < 4.78 is 0. The number of carbonyl (C=O) groups is 16.